The molecule has 2 aromatic rings. The fourth-order valence-electron chi connectivity index (χ4n) is 1.61. The van der Waals surface area contributed by atoms with E-state index in [2.05, 4.69) is 15.5 Å². The molecule has 0 atom stereocenters. The van der Waals surface area contributed by atoms with Crippen molar-refractivity contribution in [3.63, 3.8) is 0 Å². The van der Waals surface area contributed by atoms with E-state index in [0.717, 1.165) is 5.69 Å². The number of hydrogen-bond acceptors (Lipinski definition) is 3. The number of anilines is 1. The summed E-state index contributed by atoms with van der Waals surface area (Å²) < 4.78 is 5.12. The van der Waals surface area contributed by atoms with E-state index in [1.165, 1.54) is 13.2 Å². The molecule has 0 aliphatic carbocycles. The van der Waals surface area contributed by atoms with Gasteiger partial charge in [0.05, 0.1) is 17.2 Å². The van der Waals surface area contributed by atoms with Crippen LogP contribution in [0.3, 0.4) is 0 Å². The van der Waals surface area contributed by atoms with Crippen molar-refractivity contribution in [1.82, 2.24) is 10.2 Å². The number of halogens is 2. The predicted octanol–water partition coefficient (Wildman–Crippen LogP) is 3.29. The van der Waals surface area contributed by atoms with Crippen molar-refractivity contribution in [2.24, 2.45) is 0 Å². The molecule has 0 aliphatic heterocycles. The van der Waals surface area contributed by atoms with Crippen LogP contribution in [0.2, 0.25) is 10.0 Å². The standard InChI is InChI=1S/C12H11Cl2N3O2/c1-6-5-9(17-16-6)15-12(18)10-7(13)3-4-8(14)11(10)19-2/h3-5H,1-2H3,(H2,15,16,17,18). The summed E-state index contributed by atoms with van der Waals surface area (Å²) in [7, 11) is 1.42. The summed E-state index contributed by atoms with van der Waals surface area (Å²) in [6.45, 7) is 1.83. The number of aromatic amines is 1. The van der Waals surface area contributed by atoms with E-state index in [4.69, 9.17) is 27.9 Å². The number of rotatable bonds is 3. The van der Waals surface area contributed by atoms with Crippen LogP contribution in [0.15, 0.2) is 18.2 Å². The summed E-state index contributed by atoms with van der Waals surface area (Å²) in [6, 6.07) is 4.80. The molecule has 0 saturated heterocycles. The molecule has 0 bridgehead atoms. The predicted molar refractivity (Wildman–Crippen MR) is 74.3 cm³/mol. The van der Waals surface area contributed by atoms with Crippen molar-refractivity contribution in [3.8, 4) is 5.75 Å². The van der Waals surface area contributed by atoms with Gasteiger partial charge in [0.2, 0.25) is 0 Å². The topological polar surface area (TPSA) is 67.0 Å². The van der Waals surface area contributed by atoms with Gasteiger partial charge in [0, 0.05) is 11.8 Å². The summed E-state index contributed by atoms with van der Waals surface area (Å²) in [4.78, 5) is 12.2. The van der Waals surface area contributed by atoms with Crippen molar-refractivity contribution < 1.29 is 9.53 Å². The summed E-state index contributed by atoms with van der Waals surface area (Å²) in [5.41, 5.74) is 1.01. The molecule has 0 aliphatic rings. The van der Waals surface area contributed by atoms with Gasteiger partial charge in [0.1, 0.15) is 5.56 Å². The molecule has 0 fully saturated rings. The summed E-state index contributed by atoms with van der Waals surface area (Å²) in [5.74, 6) is 0.204. The highest BCUT2D eigenvalue weighted by atomic mass is 35.5. The number of carbonyl (C=O) groups excluding carboxylic acids is 1. The van der Waals surface area contributed by atoms with Crippen molar-refractivity contribution in [2.45, 2.75) is 6.92 Å². The quantitative estimate of drug-likeness (QED) is 0.914. The molecule has 1 aromatic heterocycles. The maximum absolute atomic E-state index is 12.2. The van der Waals surface area contributed by atoms with Gasteiger partial charge >= 0.3 is 0 Å². The first-order chi connectivity index (χ1) is 9.02. The van der Waals surface area contributed by atoms with Gasteiger partial charge in [-0.25, -0.2) is 0 Å². The third kappa shape index (κ3) is 2.83. The Morgan fingerprint density at radius 1 is 1.37 bits per heavy atom. The van der Waals surface area contributed by atoms with Gasteiger partial charge in [-0.2, -0.15) is 5.10 Å². The number of methoxy groups -OCH3 is 1. The molecule has 1 amide bonds. The Bertz CT molecular complexity index is 625. The smallest absolute Gasteiger partial charge is 0.262 e. The van der Waals surface area contributed by atoms with Gasteiger partial charge in [-0.15, -0.1) is 0 Å². The van der Waals surface area contributed by atoms with Crippen LogP contribution in [0.25, 0.3) is 0 Å². The van der Waals surface area contributed by atoms with E-state index in [9.17, 15) is 4.79 Å². The van der Waals surface area contributed by atoms with E-state index in [1.54, 1.807) is 12.1 Å². The third-order valence-corrected chi connectivity index (χ3v) is 3.05. The Balaban J connectivity index is 2.36. The van der Waals surface area contributed by atoms with Crippen LogP contribution in [0, 0.1) is 6.92 Å². The van der Waals surface area contributed by atoms with E-state index >= 15 is 0 Å². The monoisotopic (exact) mass is 299 g/mol. The number of aryl methyl sites for hydroxylation is 1. The molecule has 5 nitrogen and oxygen atoms in total. The van der Waals surface area contributed by atoms with Crippen molar-refractivity contribution >= 4 is 34.9 Å². The second-order valence-corrected chi connectivity index (χ2v) is 4.64. The number of nitrogens with zero attached hydrogens (tertiary/aromatic N) is 1. The molecule has 2 N–H and O–H groups in total. The molecule has 2 rings (SSSR count). The van der Waals surface area contributed by atoms with Crippen LogP contribution >= 0.6 is 23.2 Å². The van der Waals surface area contributed by atoms with Crippen LogP contribution in [0.5, 0.6) is 5.75 Å². The maximum Gasteiger partial charge on any atom is 0.262 e. The van der Waals surface area contributed by atoms with Crippen LogP contribution in [-0.4, -0.2) is 23.2 Å². The minimum Gasteiger partial charge on any atom is -0.494 e. The Labute approximate surface area is 119 Å². The number of H-pyrrole nitrogens is 1. The highest BCUT2D eigenvalue weighted by Crippen LogP contribution is 2.34. The molecular weight excluding hydrogens is 289 g/mol. The molecule has 0 unspecified atom stereocenters. The highest BCUT2D eigenvalue weighted by Gasteiger charge is 2.20. The van der Waals surface area contributed by atoms with Crippen molar-refractivity contribution in [3.05, 3.63) is 39.5 Å². The number of aromatic nitrogens is 2. The molecule has 0 saturated carbocycles. The maximum atomic E-state index is 12.2. The molecule has 0 spiro atoms. The van der Waals surface area contributed by atoms with Gasteiger partial charge in [0.25, 0.3) is 5.91 Å². The summed E-state index contributed by atoms with van der Waals surface area (Å²) in [6.07, 6.45) is 0. The molecule has 100 valence electrons. The number of hydrogen-bond donors (Lipinski definition) is 2. The fourth-order valence-corrected chi connectivity index (χ4v) is 2.07. The molecular formula is C12H11Cl2N3O2. The zero-order valence-corrected chi connectivity index (χ0v) is 11.8. The largest absolute Gasteiger partial charge is 0.494 e. The Morgan fingerprint density at radius 3 is 2.63 bits per heavy atom. The lowest BCUT2D eigenvalue weighted by molar-refractivity contribution is 0.102. The average Bonchev–Trinajstić information content (AvgIpc) is 2.77. The van der Waals surface area contributed by atoms with E-state index in [-0.39, 0.29) is 16.3 Å². The number of carbonyl (C=O) groups is 1. The second-order valence-electron chi connectivity index (χ2n) is 3.83. The van der Waals surface area contributed by atoms with Crippen molar-refractivity contribution in [2.75, 3.05) is 12.4 Å². The highest BCUT2D eigenvalue weighted by molar-refractivity contribution is 6.37. The Hall–Kier alpha value is -1.72. The van der Waals surface area contributed by atoms with Gasteiger partial charge in [-0.05, 0) is 19.1 Å². The lowest BCUT2D eigenvalue weighted by atomic mass is 10.2. The number of ether oxygens (including phenoxy) is 1. The van der Waals surface area contributed by atoms with Gasteiger partial charge < -0.3 is 10.1 Å². The molecule has 7 heteroatoms. The zero-order chi connectivity index (χ0) is 14.0. The zero-order valence-electron chi connectivity index (χ0n) is 10.3. The number of amides is 1. The SMILES string of the molecule is COc1c(Cl)ccc(Cl)c1C(=O)Nc1cc(C)[nH]n1. The van der Waals surface area contributed by atoms with Crippen LogP contribution in [0.1, 0.15) is 16.1 Å². The van der Waals surface area contributed by atoms with Crippen molar-refractivity contribution in [1.29, 1.82) is 0 Å². The second kappa shape index (κ2) is 5.50. The van der Waals surface area contributed by atoms with Crippen LogP contribution in [-0.2, 0) is 0 Å². The average molecular weight is 300 g/mol. The normalized spacial score (nSPS) is 10.3. The molecule has 1 heterocycles. The number of nitrogens with one attached hydrogen (secondary N) is 2. The Kier molecular flexibility index (Phi) is 3.97. The first-order valence-electron chi connectivity index (χ1n) is 5.38. The molecule has 19 heavy (non-hydrogen) atoms. The van der Waals surface area contributed by atoms with Gasteiger partial charge in [-0.1, -0.05) is 23.2 Å². The summed E-state index contributed by atoms with van der Waals surface area (Å²) >= 11 is 12.0. The first-order valence-corrected chi connectivity index (χ1v) is 6.14. The van der Waals surface area contributed by atoms with E-state index < -0.39 is 5.91 Å². The Morgan fingerprint density at radius 2 is 2.05 bits per heavy atom. The van der Waals surface area contributed by atoms with Crippen LogP contribution in [0.4, 0.5) is 5.82 Å². The lowest BCUT2D eigenvalue weighted by Crippen LogP contribution is -2.14. The minimum atomic E-state index is -0.434. The van der Waals surface area contributed by atoms with Gasteiger partial charge in [-0.3, -0.25) is 9.89 Å². The van der Waals surface area contributed by atoms with Gasteiger partial charge in [0.15, 0.2) is 11.6 Å². The molecule has 1 aromatic carbocycles. The number of benzene rings is 1. The minimum absolute atomic E-state index is 0.178. The fraction of sp³-hybridized carbons (Fsp3) is 0.167. The van der Waals surface area contributed by atoms with E-state index in [1.807, 2.05) is 6.92 Å². The molecule has 0 radical (unpaired) electrons. The van der Waals surface area contributed by atoms with Crippen LogP contribution < -0.4 is 10.1 Å². The lowest BCUT2D eigenvalue weighted by Gasteiger charge is -2.11. The first kappa shape index (κ1) is 13.7. The van der Waals surface area contributed by atoms with E-state index in [0.29, 0.717) is 10.8 Å². The third-order valence-electron chi connectivity index (χ3n) is 2.44. The summed E-state index contributed by atoms with van der Waals surface area (Å²) in [5, 5.41) is 9.83.